The highest BCUT2D eigenvalue weighted by Crippen LogP contribution is 2.48. The van der Waals surface area contributed by atoms with Crippen molar-refractivity contribution in [2.75, 3.05) is 26.7 Å². The van der Waals surface area contributed by atoms with Gasteiger partial charge in [-0.05, 0) is 56.1 Å². The Morgan fingerprint density at radius 1 is 1.00 bits per heavy atom. The molecule has 0 bridgehead atoms. The van der Waals surface area contributed by atoms with Gasteiger partial charge in [-0.3, -0.25) is 9.80 Å². The van der Waals surface area contributed by atoms with E-state index in [1.54, 1.807) is 0 Å². The molecule has 0 aromatic heterocycles. The van der Waals surface area contributed by atoms with E-state index in [1.807, 2.05) is 6.07 Å². The van der Waals surface area contributed by atoms with Gasteiger partial charge < -0.3 is 0 Å². The molecule has 0 spiro atoms. The molecule has 132 valence electrons. The van der Waals surface area contributed by atoms with Crippen molar-refractivity contribution in [3.8, 4) is 0 Å². The van der Waals surface area contributed by atoms with Crippen LogP contribution in [0.2, 0.25) is 5.02 Å². The zero-order valence-electron chi connectivity index (χ0n) is 15.4. The van der Waals surface area contributed by atoms with Gasteiger partial charge in [0.2, 0.25) is 0 Å². The molecule has 1 fully saturated rings. The fourth-order valence-electron chi connectivity index (χ4n) is 4.52. The van der Waals surface area contributed by atoms with Crippen molar-refractivity contribution in [1.82, 2.24) is 9.80 Å². The number of hydrogen-bond donors (Lipinski definition) is 0. The zero-order chi connectivity index (χ0) is 17.6. The van der Waals surface area contributed by atoms with Gasteiger partial charge in [-0.2, -0.15) is 0 Å². The van der Waals surface area contributed by atoms with Gasteiger partial charge in [-0.15, -0.1) is 0 Å². The van der Waals surface area contributed by atoms with Crippen molar-refractivity contribution in [3.63, 3.8) is 0 Å². The maximum absolute atomic E-state index is 6.37. The van der Waals surface area contributed by atoms with Gasteiger partial charge in [-0.1, -0.05) is 48.0 Å². The van der Waals surface area contributed by atoms with Crippen molar-refractivity contribution in [3.05, 3.63) is 70.2 Å². The van der Waals surface area contributed by atoms with Gasteiger partial charge in [0.05, 0.1) is 0 Å². The SMILES string of the molecule is CN1CCN([C@@H]2C[C@@H](c3ccccc3)c3ccc(Cl)cc32)CC1(C)C. The standard InChI is InChI=1S/C22H27ClN2/c1-22(2)15-25(12-11-24(22)3)21-14-19(16-7-5-4-6-8-16)18-10-9-17(23)13-20(18)21/h4-10,13,19,21H,11-12,14-15H2,1-3H3/t19-,21+/m0/s1. The number of rotatable bonds is 2. The van der Waals surface area contributed by atoms with Crippen LogP contribution < -0.4 is 0 Å². The van der Waals surface area contributed by atoms with E-state index in [0.29, 0.717) is 12.0 Å². The third-order valence-electron chi connectivity index (χ3n) is 6.23. The van der Waals surface area contributed by atoms with Gasteiger partial charge in [0.1, 0.15) is 0 Å². The number of hydrogen-bond acceptors (Lipinski definition) is 2. The molecule has 25 heavy (non-hydrogen) atoms. The molecule has 2 atom stereocenters. The number of benzene rings is 2. The van der Waals surface area contributed by atoms with Crippen molar-refractivity contribution in [2.24, 2.45) is 0 Å². The quantitative estimate of drug-likeness (QED) is 0.753. The fourth-order valence-corrected chi connectivity index (χ4v) is 4.70. The van der Waals surface area contributed by atoms with Crippen LogP contribution in [-0.2, 0) is 0 Å². The Morgan fingerprint density at radius 3 is 2.48 bits per heavy atom. The second-order valence-electron chi connectivity index (χ2n) is 8.19. The van der Waals surface area contributed by atoms with Crippen LogP contribution >= 0.6 is 11.6 Å². The highest BCUT2D eigenvalue weighted by molar-refractivity contribution is 6.30. The third-order valence-corrected chi connectivity index (χ3v) is 6.47. The van der Waals surface area contributed by atoms with Crippen LogP contribution in [0.3, 0.4) is 0 Å². The molecule has 0 unspecified atom stereocenters. The van der Waals surface area contributed by atoms with Gasteiger partial charge >= 0.3 is 0 Å². The lowest BCUT2D eigenvalue weighted by Gasteiger charge is -2.47. The van der Waals surface area contributed by atoms with Crippen LogP contribution in [0, 0.1) is 0 Å². The Morgan fingerprint density at radius 2 is 1.76 bits per heavy atom. The predicted molar refractivity (Wildman–Crippen MR) is 105 cm³/mol. The Labute approximate surface area is 156 Å². The van der Waals surface area contributed by atoms with Crippen LogP contribution in [0.4, 0.5) is 0 Å². The molecule has 4 rings (SSSR count). The molecule has 0 N–H and O–H groups in total. The van der Waals surface area contributed by atoms with Crippen LogP contribution in [0.5, 0.6) is 0 Å². The molecule has 3 heteroatoms. The molecule has 0 radical (unpaired) electrons. The van der Waals surface area contributed by atoms with E-state index >= 15 is 0 Å². The summed E-state index contributed by atoms with van der Waals surface area (Å²) >= 11 is 6.37. The number of nitrogens with zero attached hydrogens (tertiary/aromatic N) is 2. The second kappa shape index (κ2) is 6.42. The summed E-state index contributed by atoms with van der Waals surface area (Å²) in [6.07, 6.45) is 1.15. The molecule has 1 saturated heterocycles. The first-order chi connectivity index (χ1) is 12.0. The van der Waals surface area contributed by atoms with E-state index in [1.165, 1.54) is 16.7 Å². The monoisotopic (exact) mass is 354 g/mol. The summed E-state index contributed by atoms with van der Waals surface area (Å²) < 4.78 is 0. The summed E-state index contributed by atoms with van der Waals surface area (Å²) in [5.41, 5.74) is 4.52. The number of halogens is 1. The highest BCUT2D eigenvalue weighted by atomic mass is 35.5. The summed E-state index contributed by atoms with van der Waals surface area (Å²) in [6.45, 7) is 8.04. The molecule has 2 aliphatic rings. The lowest BCUT2D eigenvalue weighted by molar-refractivity contribution is 0.0158. The maximum atomic E-state index is 6.37. The van der Waals surface area contributed by atoms with Crippen LogP contribution in [-0.4, -0.2) is 42.0 Å². The Balaban J connectivity index is 1.70. The van der Waals surface area contributed by atoms with Crippen molar-refractivity contribution in [2.45, 2.75) is 37.8 Å². The molecule has 1 aliphatic heterocycles. The van der Waals surface area contributed by atoms with Gasteiger partial charge in [-0.25, -0.2) is 0 Å². The molecule has 1 aliphatic carbocycles. The average molecular weight is 355 g/mol. The number of likely N-dealkylation sites (N-methyl/N-ethyl adjacent to an activating group) is 1. The van der Waals surface area contributed by atoms with E-state index in [0.717, 1.165) is 31.1 Å². The summed E-state index contributed by atoms with van der Waals surface area (Å²) in [5, 5.41) is 0.853. The van der Waals surface area contributed by atoms with Crippen LogP contribution in [0.15, 0.2) is 48.5 Å². The predicted octanol–water partition coefficient (Wildman–Crippen LogP) is 4.94. The van der Waals surface area contributed by atoms with E-state index in [2.05, 4.69) is 73.2 Å². The normalized spacial score (nSPS) is 26.6. The van der Waals surface area contributed by atoms with Gasteiger partial charge in [0.15, 0.2) is 0 Å². The summed E-state index contributed by atoms with van der Waals surface area (Å²) in [5.74, 6) is 0.473. The minimum Gasteiger partial charge on any atom is -0.299 e. The first-order valence-corrected chi connectivity index (χ1v) is 9.63. The Bertz CT molecular complexity index is 756. The zero-order valence-corrected chi connectivity index (χ0v) is 16.1. The molecular formula is C22H27ClN2. The second-order valence-corrected chi connectivity index (χ2v) is 8.63. The first kappa shape index (κ1) is 17.1. The molecule has 0 saturated carbocycles. The van der Waals surface area contributed by atoms with Gasteiger partial charge in [0.25, 0.3) is 0 Å². The lowest BCUT2D eigenvalue weighted by atomic mass is 9.93. The van der Waals surface area contributed by atoms with Crippen molar-refractivity contribution >= 4 is 11.6 Å². The van der Waals surface area contributed by atoms with E-state index < -0.39 is 0 Å². The van der Waals surface area contributed by atoms with E-state index in [4.69, 9.17) is 11.6 Å². The Hall–Kier alpha value is -1.35. The topological polar surface area (TPSA) is 6.48 Å². The molecule has 1 heterocycles. The van der Waals surface area contributed by atoms with E-state index in [-0.39, 0.29) is 5.54 Å². The van der Waals surface area contributed by atoms with E-state index in [9.17, 15) is 0 Å². The highest BCUT2D eigenvalue weighted by Gasteiger charge is 2.40. The molecular weight excluding hydrogens is 328 g/mol. The Kier molecular flexibility index (Phi) is 4.39. The lowest BCUT2D eigenvalue weighted by Crippen LogP contribution is -2.58. The average Bonchev–Trinajstić information content (AvgIpc) is 2.97. The third kappa shape index (κ3) is 3.12. The van der Waals surface area contributed by atoms with Crippen LogP contribution in [0.1, 0.15) is 48.9 Å². The van der Waals surface area contributed by atoms with Crippen molar-refractivity contribution < 1.29 is 0 Å². The number of fused-ring (bicyclic) bond motifs is 1. The van der Waals surface area contributed by atoms with Crippen LogP contribution in [0.25, 0.3) is 0 Å². The summed E-state index contributed by atoms with van der Waals surface area (Å²) in [4.78, 5) is 5.16. The van der Waals surface area contributed by atoms with Crippen molar-refractivity contribution in [1.29, 1.82) is 0 Å². The first-order valence-electron chi connectivity index (χ1n) is 9.25. The largest absolute Gasteiger partial charge is 0.299 e. The maximum Gasteiger partial charge on any atom is 0.0409 e. The smallest absolute Gasteiger partial charge is 0.0409 e. The molecule has 2 nitrogen and oxygen atoms in total. The molecule has 0 amide bonds. The molecule has 2 aromatic carbocycles. The molecule has 2 aromatic rings. The van der Waals surface area contributed by atoms with Gasteiger partial charge in [0, 0.05) is 42.2 Å². The summed E-state index contributed by atoms with van der Waals surface area (Å²) in [6, 6.07) is 17.9. The summed E-state index contributed by atoms with van der Waals surface area (Å²) in [7, 11) is 2.24. The minimum absolute atomic E-state index is 0.210. The number of piperazine rings is 1. The minimum atomic E-state index is 0.210. The fraction of sp³-hybridized carbons (Fsp3) is 0.455.